The second-order valence-corrected chi connectivity index (χ2v) is 7.68. The summed E-state index contributed by atoms with van der Waals surface area (Å²) in [6, 6.07) is 13.1. The summed E-state index contributed by atoms with van der Waals surface area (Å²) in [7, 11) is 1.49. The maximum Gasteiger partial charge on any atom is 0.306 e. The lowest BCUT2D eigenvalue weighted by molar-refractivity contribution is -0.152. The zero-order valence-electron chi connectivity index (χ0n) is 16.2. The van der Waals surface area contributed by atoms with Crippen LogP contribution in [0.1, 0.15) is 34.3 Å². The molecule has 1 aliphatic heterocycles. The van der Waals surface area contributed by atoms with Crippen LogP contribution in [-0.4, -0.2) is 42.8 Å². The van der Waals surface area contributed by atoms with E-state index in [1.807, 2.05) is 18.2 Å². The molecule has 0 radical (unpaired) electrons. The number of ether oxygens (including phenoxy) is 2. The highest BCUT2D eigenvalue weighted by Crippen LogP contribution is 2.24. The van der Waals surface area contributed by atoms with Gasteiger partial charge in [0.2, 0.25) is 0 Å². The van der Waals surface area contributed by atoms with Crippen LogP contribution < -0.4 is 4.74 Å². The van der Waals surface area contributed by atoms with Crippen molar-refractivity contribution in [2.24, 2.45) is 0 Å². The fourth-order valence-electron chi connectivity index (χ4n) is 3.26. The third kappa shape index (κ3) is 5.44. The first-order valence-electron chi connectivity index (χ1n) is 9.35. The molecule has 152 valence electrons. The fraction of sp³-hybridized carbons (Fsp3) is 0.318. The van der Waals surface area contributed by atoms with E-state index in [2.05, 4.69) is 22.0 Å². The van der Waals surface area contributed by atoms with Gasteiger partial charge in [-0.1, -0.05) is 40.2 Å². The van der Waals surface area contributed by atoms with Crippen LogP contribution in [0.3, 0.4) is 0 Å². The zero-order valence-corrected chi connectivity index (χ0v) is 17.7. The van der Waals surface area contributed by atoms with Crippen LogP contribution in [0.25, 0.3) is 0 Å². The van der Waals surface area contributed by atoms with E-state index < -0.39 is 5.97 Å². The van der Waals surface area contributed by atoms with Gasteiger partial charge in [0.25, 0.3) is 5.91 Å². The number of fused-ring (bicyclic) bond motifs is 1. The van der Waals surface area contributed by atoms with Crippen LogP contribution in [0, 0.1) is 0 Å². The molecule has 0 saturated heterocycles. The average Bonchev–Trinajstić information content (AvgIpc) is 2.75. The number of amides is 1. The van der Waals surface area contributed by atoms with E-state index in [0.29, 0.717) is 24.4 Å². The average molecular weight is 460 g/mol. The Morgan fingerprint density at radius 3 is 2.59 bits per heavy atom. The molecule has 6 nitrogen and oxygen atoms in total. The Bertz CT molecular complexity index is 927. The second-order valence-electron chi connectivity index (χ2n) is 6.76. The number of nitrogens with zero attached hydrogens (tertiary/aromatic N) is 1. The van der Waals surface area contributed by atoms with Crippen molar-refractivity contribution in [2.75, 3.05) is 20.3 Å². The lowest BCUT2D eigenvalue weighted by atomic mass is 10.00. The SMILES string of the molecule is COc1ccc(Br)cc1C(=O)CCC(=O)OCC(=O)N1CCc2ccccc2C1. The Labute approximate surface area is 177 Å². The molecule has 1 amide bonds. The summed E-state index contributed by atoms with van der Waals surface area (Å²) in [6.45, 7) is 0.817. The molecule has 0 unspecified atom stereocenters. The summed E-state index contributed by atoms with van der Waals surface area (Å²) in [6.07, 6.45) is 0.681. The van der Waals surface area contributed by atoms with Gasteiger partial charge in [-0.25, -0.2) is 0 Å². The van der Waals surface area contributed by atoms with Crippen molar-refractivity contribution in [1.82, 2.24) is 4.90 Å². The molecule has 0 spiro atoms. The maximum atomic E-state index is 12.4. The van der Waals surface area contributed by atoms with Crippen LogP contribution >= 0.6 is 15.9 Å². The van der Waals surface area contributed by atoms with E-state index in [4.69, 9.17) is 9.47 Å². The third-order valence-corrected chi connectivity index (χ3v) is 5.35. The molecule has 1 heterocycles. The fourth-order valence-corrected chi connectivity index (χ4v) is 3.62. The largest absolute Gasteiger partial charge is 0.496 e. The highest BCUT2D eigenvalue weighted by molar-refractivity contribution is 9.10. The van der Waals surface area contributed by atoms with Crippen molar-refractivity contribution < 1.29 is 23.9 Å². The van der Waals surface area contributed by atoms with Crippen LogP contribution in [-0.2, 0) is 27.3 Å². The van der Waals surface area contributed by atoms with E-state index in [-0.39, 0.29) is 31.1 Å². The van der Waals surface area contributed by atoms with E-state index in [9.17, 15) is 14.4 Å². The van der Waals surface area contributed by atoms with Gasteiger partial charge in [0.05, 0.1) is 19.1 Å². The van der Waals surface area contributed by atoms with Crippen molar-refractivity contribution in [3.63, 3.8) is 0 Å². The quantitative estimate of drug-likeness (QED) is 0.467. The Morgan fingerprint density at radius 1 is 1.07 bits per heavy atom. The topological polar surface area (TPSA) is 72.9 Å². The van der Waals surface area contributed by atoms with Crippen LogP contribution in [0.4, 0.5) is 0 Å². The first-order valence-corrected chi connectivity index (χ1v) is 10.1. The van der Waals surface area contributed by atoms with Crippen molar-refractivity contribution in [3.8, 4) is 5.75 Å². The Hall–Kier alpha value is -2.67. The minimum absolute atomic E-state index is 0.0169. The molecule has 0 fully saturated rings. The monoisotopic (exact) mass is 459 g/mol. The number of benzene rings is 2. The molecule has 0 aromatic heterocycles. The molecule has 2 aromatic rings. The summed E-state index contributed by atoms with van der Waals surface area (Å²) in [5, 5.41) is 0. The highest BCUT2D eigenvalue weighted by atomic mass is 79.9. The summed E-state index contributed by atoms with van der Waals surface area (Å²) < 4.78 is 11.0. The highest BCUT2D eigenvalue weighted by Gasteiger charge is 2.22. The summed E-state index contributed by atoms with van der Waals surface area (Å²) >= 11 is 3.32. The minimum Gasteiger partial charge on any atom is -0.496 e. The molecular formula is C22H22BrNO5. The number of hydrogen-bond donors (Lipinski definition) is 0. The standard InChI is InChI=1S/C22H22BrNO5/c1-28-20-8-6-17(23)12-18(20)19(25)7-9-22(27)29-14-21(26)24-11-10-15-4-2-3-5-16(15)13-24/h2-6,8,12H,7,9-11,13-14H2,1H3. The third-order valence-electron chi connectivity index (χ3n) is 4.86. The number of rotatable bonds is 7. The van der Waals surface area contributed by atoms with Gasteiger partial charge in [0.15, 0.2) is 12.4 Å². The van der Waals surface area contributed by atoms with Gasteiger partial charge in [0, 0.05) is 24.0 Å². The normalized spacial score (nSPS) is 12.8. The summed E-state index contributed by atoms with van der Waals surface area (Å²) in [4.78, 5) is 38.4. The summed E-state index contributed by atoms with van der Waals surface area (Å²) in [5.41, 5.74) is 2.76. The molecule has 0 saturated carbocycles. The Morgan fingerprint density at radius 2 is 1.83 bits per heavy atom. The van der Waals surface area contributed by atoms with E-state index in [1.54, 1.807) is 23.1 Å². The Kier molecular flexibility index (Phi) is 7.04. The number of carbonyl (C=O) groups is 3. The first kappa shape index (κ1) is 21.0. The van der Waals surface area contributed by atoms with Crippen molar-refractivity contribution in [2.45, 2.75) is 25.8 Å². The van der Waals surface area contributed by atoms with Crippen molar-refractivity contribution in [3.05, 3.63) is 63.6 Å². The Balaban J connectivity index is 1.46. The van der Waals surface area contributed by atoms with Gasteiger partial charge in [-0.2, -0.15) is 0 Å². The van der Waals surface area contributed by atoms with E-state index >= 15 is 0 Å². The van der Waals surface area contributed by atoms with E-state index in [1.165, 1.54) is 12.7 Å². The van der Waals surface area contributed by atoms with E-state index in [0.717, 1.165) is 16.5 Å². The van der Waals surface area contributed by atoms with Crippen molar-refractivity contribution in [1.29, 1.82) is 0 Å². The number of ketones is 1. The number of esters is 1. The molecule has 0 atom stereocenters. The predicted molar refractivity (Wildman–Crippen MR) is 111 cm³/mol. The zero-order chi connectivity index (χ0) is 20.8. The van der Waals surface area contributed by atoms with Gasteiger partial charge in [0.1, 0.15) is 5.75 Å². The predicted octanol–water partition coefficient (Wildman–Crippen LogP) is 3.55. The molecule has 1 aliphatic rings. The number of hydrogen-bond acceptors (Lipinski definition) is 5. The second kappa shape index (κ2) is 9.69. The van der Waals surface area contributed by atoms with Gasteiger partial charge in [-0.15, -0.1) is 0 Å². The van der Waals surface area contributed by atoms with Crippen LogP contribution in [0.15, 0.2) is 46.9 Å². The molecule has 3 rings (SSSR count). The molecule has 7 heteroatoms. The number of methoxy groups -OCH3 is 1. The molecule has 0 N–H and O–H groups in total. The number of halogens is 1. The minimum atomic E-state index is -0.571. The van der Waals surface area contributed by atoms with Gasteiger partial charge >= 0.3 is 5.97 Å². The van der Waals surface area contributed by atoms with Gasteiger partial charge < -0.3 is 14.4 Å². The van der Waals surface area contributed by atoms with Gasteiger partial charge in [-0.3, -0.25) is 14.4 Å². The van der Waals surface area contributed by atoms with Gasteiger partial charge in [-0.05, 0) is 35.7 Å². The molecular weight excluding hydrogens is 438 g/mol. The van der Waals surface area contributed by atoms with Crippen LogP contribution in [0.2, 0.25) is 0 Å². The molecule has 2 aromatic carbocycles. The smallest absolute Gasteiger partial charge is 0.306 e. The lowest BCUT2D eigenvalue weighted by Gasteiger charge is -2.28. The maximum absolute atomic E-state index is 12.4. The summed E-state index contributed by atoms with van der Waals surface area (Å²) in [5.74, 6) is -0.572. The lowest BCUT2D eigenvalue weighted by Crippen LogP contribution is -2.38. The number of carbonyl (C=O) groups excluding carboxylic acids is 3. The van der Waals surface area contributed by atoms with Crippen molar-refractivity contribution >= 4 is 33.6 Å². The molecule has 0 bridgehead atoms. The first-order chi connectivity index (χ1) is 14.0. The van der Waals surface area contributed by atoms with Crippen LogP contribution in [0.5, 0.6) is 5.75 Å². The number of Topliss-reactive ketones (excluding diaryl/α,β-unsaturated/α-hetero) is 1. The molecule has 29 heavy (non-hydrogen) atoms. The molecule has 0 aliphatic carbocycles.